The molecule has 48 heavy (non-hydrogen) atoms. The standard InChI is InChI=1S/C44H91NO3/c1-2-3-4-5-6-7-8-9-10-11-12-13-14-15-16-17-18-19-20-21-22-23-24-25-26-27-28-29-30-31-32-33-34-35-36-37-38-39-40-41-42-45-43-44(46,47)48/h45-48H,2-43H2,1H3. The fourth-order valence-corrected chi connectivity index (χ4v) is 7.30. The van der Waals surface area contributed by atoms with Crippen LogP contribution in [0.3, 0.4) is 0 Å². The smallest absolute Gasteiger partial charge is 0.288 e. The van der Waals surface area contributed by atoms with Crippen LogP contribution in [-0.2, 0) is 0 Å². The van der Waals surface area contributed by atoms with Crippen molar-refractivity contribution < 1.29 is 15.3 Å². The first-order valence-electron chi connectivity index (χ1n) is 22.4. The Morgan fingerprint density at radius 3 is 0.604 bits per heavy atom. The molecule has 0 fully saturated rings. The maximum absolute atomic E-state index is 8.81. The van der Waals surface area contributed by atoms with Gasteiger partial charge in [0.25, 0.3) is 5.97 Å². The van der Waals surface area contributed by atoms with Crippen molar-refractivity contribution in [1.29, 1.82) is 0 Å². The van der Waals surface area contributed by atoms with Gasteiger partial charge in [0.1, 0.15) is 0 Å². The predicted molar refractivity (Wildman–Crippen MR) is 213 cm³/mol. The normalized spacial score (nSPS) is 12.0. The van der Waals surface area contributed by atoms with Crippen LogP contribution in [0.4, 0.5) is 0 Å². The Hall–Kier alpha value is -0.160. The monoisotopic (exact) mass is 682 g/mol. The van der Waals surface area contributed by atoms with Crippen LogP contribution < -0.4 is 5.32 Å². The first-order valence-corrected chi connectivity index (χ1v) is 22.4. The van der Waals surface area contributed by atoms with Crippen LogP contribution in [0, 0.1) is 0 Å². The number of rotatable bonds is 43. The van der Waals surface area contributed by atoms with Gasteiger partial charge in [-0.2, -0.15) is 0 Å². The predicted octanol–water partition coefficient (Wildman–Crippen LogP) is 13.8. The summed E-state index contributed by atoms with van der Waals surface area (Å²) < 4.78 is 0. The molecule has 0 rings (SSSR count). The fourth-order valence-electron chi connectivity index (χ4n) is 7.30. The molecule has 0 aliphatic carbocycles. The molecule has 4 heteroatoms. The molecule has 0 unspecified atom stereocenters. The van der Waals surface area contributed by atoms with Crippen molar-refractivity contribution in [2.45, 2.75) is 270 Å². The minimum atomic E-state index is -2.58. The molecule has 4 nitrogen and oxygen atoms in total. The van der Waals surface area contributed by atoms with Crippen LogP contribution in [0.25, 0.3) is 0 Å². The van der Waals surface area contributed by atoms with E-state index in [1.54, 1.807) is 0 Å². The largest absolute Gasteiger partial charge is 0.343 e. The average molecular weight is 682 g/mol. The number of aliphatic hydroxyl groups is 3. The van der Waals surface area contributed by atoms with E-state index >= 15 is 0 Å². The van der Waals surface area contributed by atoms with Crippen molar-refractivity contribution in [3.8, 4) is 0 Å². The second kappa shape index (κ2) is 41.3. The molecule has 0 aromatic carbocycles. The van der Waals surface area contributed by atoms with E-state index in [0.29, 0.717) is 0 Å². The molecule has 0 saturated heterocycles. The highest BCUT2D eigenvalue weighted by Gasteiger charge is 2.16. The Kier molecular flexibility index (Phi) is 41.1. The van der Waals surface area contributed by atoms with Crippen LogP contribution in [-0.4, -0.2) is 34.4 Å². The lowest BCUT2D eigenvalue weighted by Gasteiger charge is -2.14. The summed E-state index contributed by atoms with van der Waals surface area (Å²) in [4.78, 5) is 0. The molecule has 0 spiro atoms. The van der Waals surface area contributed by atoms with Crippen molar-refractivity contribution in [1.82, 2.24) is 5.32 Å². The van der Waals surface area contributed by atoms with E-state index in [1.165, 1.54) is 250 Å². The maximum atomic E-state index is 8.81. The van der Waals surface area contributed by atoms with E-state index in [1.807, 2.05) is 0 Å². The minimum absolute atomic E-state index is 0.188. The minimum Gasteiger partial charge on any atom is -0.343 e. The third-order valence-corrected chi connectivity index (χ3v) is 10.6. The third-order valence-electron chi connectivity index (χ3n) is 10.6. The van der Waals surface area contributed by atoms with Gasteiger partial charge in [0, 0.05) is 0 Å². The second-order valence-electron chi connectivity index (χ2n) is 15.7. The summed E-state index contributed by atoms with van der Waals surface area (Å²) in [6.45, 7) is 2.84. The van der Waals surface area contributed by atoms with Crippen molar-refractivity contribution >= 4 is 0 Å². The molecular weight excluding hydrogens is 590 g/mol. The average Bonchev–Trinajstić information content (AvgIpc) is 3.06. The van der Waals surface area contributed by atoms with E-state index in [2.05, 4.69) is 12.2 Å². The van der Waals surface area contributed by atoms with Gasteiger partial charge in [-0.25, -0.2) is 0 Å². The highest BCUT2D eigenvalue weighted by molar-refractivity contribution is 4.56. The lowest BCUT2D eigenvalue weighted by Crippen LogP contribution is -2.40. The molecule has 0 aliphatic heterocycles. The van der Waals surface area contributed by atoms with Crippen LogP contribution in [0.5, 0.6) is 0 Å². The van der Waals surface area contributed by atoms with Crippen LogP contribution in [0.1, 0.15) is 264 Å². The summed E-state index contributed by atoms with van der Waals surface area (Å²) >= 11 is 0. The van der Waals surface area contributed by atoms with Gasteiger partial charge >= 0.3 is 0 Å². The van der Waals surface area contributed by atoms with Gasteiger partial charge in [0.2, 0.25) is 0 Å². The summed E-state index contributed by atoms with van der Waals surface area (Å²) in [5.74, 6) is -2.58. The van der Waals surface area contributed by atoms with Crippen LogP contribution >= 0.6 is 0 Å². The van der Waals surface area contributed by atoms with Gasteiger partial charge in [-0.05, 0) is 13.0 Å². The molecule has 0 saturated carbocycles. The Bertz CT molecular complexity index is 564. The molecule has 0 aromatic heterocycles. The Morgan fingerprint density at radius 2 is 0.438 bits per heavy atom. The van der Waals surface area contributed by atoms with Gasteiger partial charge in [-0.3, -0.25) is 0 Å². The highest BCUT2D eigenvalue weighted by atomic mass is 16.7. The molecule has 4 N–H and O–H groups in total. The van der Waals surface area contributed by atoms with Gasteiger partial charge in [0.05, 0.1) is 6.54 Å². The van der Waals surface area contributed by atoms with E-state index in [-0.39, 0.29) is 6.54 Å². The molecule has 0 atom stereocenters. The van der Waals surface area contributed by atoms with Gasteiger partial charge in [0.15, 0.2) is 0 Å². The summed E-state index contributed by atoms with van der Waals surface area (Å²) in [7, 11) is 0. The zero-order valence-electron chi connectivity index (χ0n) is 33.0. The summed E-state index contributed by atoms with van der Waals surface area (Å²) in [5, 5.41) is 29.3. The lowest BCUT2D eigenvalue weighted by atomic mass is 10.0. The highest BCUT2D eigenvalue weighted by Crippen LogP contribution is 2.17. The summed E-state index contributed by atoms with van der Waals surface area (Å²) in [6, 6.07) is 0. The Balaban J connectivity index is 3.05. The number of hydrogen-bond donors (Lipinski definition) is 4. The quantitative estimate of drug-likeness (QED) is 0.0382. The SMILES string of the molecule is CCCCCCCCCCCCCCCCCCCCCCCCCCCCCCCCCCCCCCCCCCNCC(O)(O)O. The molecule has 0 aliphatic rings. The van der Waals surface area contributed by atoms with Gasteiger partial charge in [-0.15, -0.1) is 0 Å². The van der Waals surface area contributed by atoms with E-state index in [9.17, 15) is 0 Å². The van der Waals surface area contributed by atoms with Crippen molar-refractivity contribution in [2.24, 2.45) is 0 Å². The summed E-state index contributed by atoms with van der Waals surface area (Å²) in [6.07, 6.45) is 57.2. The zero-order chi connectivity index (χ0) is 34.9. The molecule has 0 radical (unpaired) electrons. The van der Waals surface area contributed by atoms with E-state index in [4.69, 9.17) is 15.3 Å². The number of nitrogens with one attached hydrogen (secondary N) is 1. The fraction of sp³-hybridized carbons (Fsp3) is 1.00. The van der Waals surface area contributed by atoms with Crippen molar-refractivity contribution in [3.63, 3.8) is 0 Å². The van der Waals surface area contributed by atoms with Gasteiger partial charge in [-0.1, -0.05) is 257 Å². The van der Waals surface area contributed by atoms with Crippen LogP contribution in [0.15, 0.2) is 0 Å². The number of hydrogen-bond acceptors (Lipinski definition) is 4. The number of unbranched alkanes of at least 4 members (excludes halogenated alkanes) is 39. The Morgan fingerprint density at radius 1 is 0.271 bits per heavy atom. The molecule has 0 heterocycles. The Labute approximate surface area is 302 Å². The zero-order valence-corrected chi connectivity index (χ0v) is 33.0. The summed E-state index contributed by atoms with van der Waals surface area (Å²) in [5.41, 5.74) is 0. The lowest BCUT2D eigenvalue weighted by molar-refractivity contribution is -0.306. The first kappa shape index (κ1) is 47.8. The van der Waals surface area contributed by atoms with E-state index < -0.39 is 5.97 Å². The molecule has 0 bridgehead atoms. The van der Waals surface area contributed by atoms with Crippen molar-refractivity contribution in [2.75, 3.05) is 13.1 Å². The van der Waals surface area contributed by atoms with E-state index in [0.717, 1.165) is 13.0 Å². The maximum Gasteiger partial charge on any atom is 0.288 e. The van der Waals surface area contributed by atoms with Gasteiger partial charge < -0.3 is 20.6 Å². The second-order valence-corrected chi connectivity index (χ2v) is 15.7. The molecule has 0 aromatic rings. The third kappa shape index (κ3) is 45.8. The molecule has 290 valence electrons. The topological polar surface area (TPSA) is 72.7 Å². The molecule has 0 amide bonds. The first-order chi connectivity index (χ1) is 23.6. The van der Waals surface area contributed by atoms with Crippen molar-refractivity contribution in [3.05, 3.63) is 0 Å². The van der Waals surface area contributed by atoms with Crippen LogP contribution in [0.2, 0.25) is 0 Å². The molecular formula is C44H91NO3.